The van der Waals surface area contributed by atoms with Crippen molar-refractivity contribution in [2.75, 3.05) is 24.5 Å². The molecule has 182 valence electrons. The molecule has 1 atom stereocenters. The van der Waals surface area contributed by atoms with Crippen molar-refractivity contribution < 1.29 is 13.2 Å². The second kappa shape index (κ2) is 9.18. The SMILES string of the molecule is Cc1nccn1-c1ccc(-c2[nH]ncc2CN2CCN(c3ccc(C(F)(F)F)cn3)C(C)C2)cc1. The van der Waals surface area contributed by atoms with Crippen LogP contribution in [0.3, 0.4) is 0 Å². The number of anilines is 1. The van der Waals surface area contributed by atoms with E-state index in [-0.39, 0.29) is 6.04 Å². The monoisotopic (exact) mass is 481 g/mol. The molecule has 7 nitrogen and oxygen atoms in total. The minimum Gasteiger partial charge on any atom is -0.351 e. The van der Waals surface area contributed by atoms with Crippen LogP contribution in [0.5, 0.6) is 0 Å². The molecular weight excluding hydrogens is 455 g/mol. The van der Waals surface area contributed by atoms with Gasteiger partial charge < -0.3 is 9.47 Å². The van der Waals surface area contributed by atoms with Crippen molar-refractivity contribution in [3.05, 3.63) is 78.1 Å². The van der Waals surface area contributed by atoms with Gasteiger partial charge in [-0.2, -0.15) is 18.3 Å². The van der Waals surface area contributed by atoms with Crippen LogP contribution in [0.15, 0.2) is 61.2 Å². The van der Waals surface area contributed by atoms with Crippen LogP contribution in [0.25, 0.3) is 16.9 Å². The summed E-state index contributed by atoms with van der Waals surface area (Å²) >= 11 is 0. The summed E-state index contributed by atoms with van der Waals surface area (Å²) in [5, 5.41) is 7.41. The van der Waals surface area contributed by atoms with Crippen molar-refractivity contribution >= 4 is 5.82 Å². The molecule has 1 N–H and O–H groups in total. The van der Waals surface area contributed by atoms with E-state index in [9.17, 15) is 13.2 Å². The summed E-state index contributed by atoms with van der Waals surface area (Å²) < 4.78 is 40.6. The Morgan fingerprint density at radius 2 is 1.83 bits per heavy atom. The number of aromatic nitrogens is 5. The lowest BCUT2D eigenvalue weighted by Crippen LogP contribution is -2.51. The quantitative estimate of drug-likeness (QED) is 0.448. The highest BCUT2D eigenvalue weighted by Crippen LogP contribution is 2.30. The maximum absolute atomic E-state index is 12.9. The molecule has 1 aliphatic heterocycles. The Labute approximate surface area is 201 Å². The van der Waals surface area contributed by atoms with E-state index in [0.29, 0.717) is 12.4 Å². The molecule has 0 saturated carbocycles. The first-order chi connectivity index (χ1) is 16.8. The van der Waals surface area contributed by atoms with Crippen LogP contribution in [-0.4, -0.2) is 55.3 Å². The smallest absolute Gasteiger partial charge is 0.351 e. The third-order valence-corrected chi connectivity index (χ3v) is 6.45. The van der Waals surface area contributed by atoms with Gasteiger partial charge in [-0.15, -0.1) is 0 Å². The highest BCUT2D eigenvalue weighted by molar-refractivity contribution is 5.64. The van der Waals surface area contributed by atoms with Crippen molar-refractivity contribution in [3.8, 4) is 16.9 Å². The highest BCUT2D eigenvalue weighted by Gasteiger charge is 2.32. The van der Waals surface area contributed by atoms with E-state index < -0.39 is 11.7 Å². The first kappa shape index (κ1) is 23.1. The van der Waals surface area contributed by atoms with Gasteiger partial charge in [-0.05, 0) is 38.1 Å². The molecule has 1 aromatic carbocycles. The third-order valence-electron chi connectivity index (χ3n) is 6.45. The van der Waals surface area contributed by atoms with Crippen molar-refractivity contribution in [3.63, 3.8) is 0 Å². The first-order valence-electron chi connectivity index (χ1n) is 11.4. The number of halogens is 3. The van der Waals surface area contributed by atoms with E-state index in [1.807, 2.05) is 23.9 Å². The van der Waals surface area contributed by atoms with Gasteiger partial charge in [0.05, 0.1) is 17.5 Å². The molecule has 4 aromatic rings. The van der Waals surface area contributed by atoms with Gasteiger partial charge in [-0.1, -0.05) is 12.1 Å². The normalized spacial score (nSPS) is 17.2. The van der Waals surface area contributed by atoms with E-state index >= 15 is 0 Å². The van der Waals surface area contributed by atoms with Gasteiger partial charge in [-0.25, -0.2) is 9.97 Å². The number of alkyl halides is 3. The molecule has 0 spiro atoms. The number of imidazole rings is 1. The fraction of sp³-hybridized carbons (Fsp3) is 0.320. The van der Waals surface area contributed by atoms with Gasteiger partial charge in [0.15, 0.2) is 0 Å². The summed E-state index contributed by atoms with van der Waals surface area (Å²) in [6.45, 7) is 7.00. The number of H-pyrrole nitrogens is 1. The molecule has 1 fully saturated rings. The third kappa shape index (κ3) is 4.79. The van der Waals surface area contributed by atoms with Gasteiger partial charge in [0.1, 0.15) is 11.6 Å². The van der Waals surface area contributed by atoms with Crippen molar-refractivity contribution in [2.45, 2.75) is 32.6 Å². The summed E-state index contributed by atoms with van der Waals surface area (Å²) in [5.41, 5.74) is 3.46. The number of aryl methyl sites for hydroxylation is 1. The van der Waals surface area contributed by atoms with E-state index in [2.05, 4.69) is 61.2 Å². The molecule has 1 saturated heterocycles. The van der Waals surface area contributed by atoms with Crippen LogP contribution in [0.4, 0.5) is 19.0 Å². The predicted octanol–water partition coefficient (Wildman–Crippen LogP) is 4.70. The molecule has 4 heterocycles. The molecule has 0 radical (unpaired) electrons. The standard InChI is InChI=1S/C25H26F3N7/c1-17-15-33(11-12-34(17)23-8-5-21(14-30-23)25(26,27)28)16-20-13-31-32-24(20)19-3-6-22(7-4-19)35-10-9-29-18(35)2/h3-10,13-14,17H,11-12,15-16H2,1-2H3,(H,31,32). The van der Waals surface area contributed by atoms with Gasteiger partial charge >= 0.3 is 6.18 Å². The number of aromatic amines is 1. The molecule has 0 aliphatic carbocycles. The van der Waals surface area contributed by atoms with Gasteiger partial charge in [0, 0.05) is 67.6 Å². The maximum Gasteiger partial charge on any atom is 0.417 e. The fourth-order valence-corrected chi connectivity index (χ4v) is 4.60. The van der Waals surface area contributed by atoms with Crippen LogP contribution >= 0.6 is 0 Å². The molecule has 35 heavy (non-hydrogen) atoms. The number of hydrogen-bond acceptors (Lipinski definition) is 5. The number of hydrogen-bond donors (Lipinski definition) is 1. The number of rotatable bonds is 5. The zero-order valence-corrected chi connectivity index (χ0v) is 19.5. The van der Waals surface area contributed by atoms with Crippen molar-refractivity contribution in [1.82, 2.24) is 29.6 Å². The number of benzene rings is 1. The lowest BCUT2D eigenvalue weighted by molar-refractivity contribution is -0.137. The second-order valence-electron chi connectivity index (χ2n) is 8.84. The average Bonchev–Trinajstić information content (AvgIpc) is 3.48. The second-order valence-corrected chi connectivity index (χ2v) is 8.84. The average molecular weight is 482 g/mol. The van der Waals surface area contributed by atoms with Gasteiger partial charge in [-0.3, -0.25) is 10.00 Å². The van der Waals surface area contributed by atoms with Crippen LogP contribution in [-0.2, 0) is 12.7 Å². The highest BCUT2D eigenvalue weighted by atomic mass is 19.4. The molecule has 10 heteroatoms. The number of piperazine rings is 1. The first-order valence-corrected chi connectivity index (χ1v) is 11.4. The van der Waals surface area contributed by atoms with E-state index in [1.54, 1.807) is 6.20 Å². The maximum atomic E-state index is 12.9. The number of pyridine rings is 1. The summed E-state index contributed by atoms with van der Waals surface area (Å²) in [7, 11) is 0. The minimum absolute atomic E-state index is 0.112. The number of nitrogens with one attached hydrogen (secondary N) is 1. The van der Waals surface area contributed by atoms with Crippen LogP contribution in [0.1, 0.15) is 23.9 Å². The van der Waals surface area contributed by atoms with Crippen LogP contribution in [0, 0.1) is 6.92 Å². The topological polar surface area (TPSA) is 65.9 Å². The van der Waals surface area contributed by atoms with Gasteiger partial charge in [0.25, 0.3) is 0 Å². The Bertz CT molecular complexity index is 1280. The molecule has 0 amide bonds. The fourth-order valence-electron chi connectivity index (χ4n) is 4.60. The zero-order valence-electron chi connectivity index (χ0n) is 19.5. The largest absolute Gasteiger partial charge is 0.417 e. The van der Waals surface area contributed by atoms with Gasteiger partial charge in [0.2, 0.25) is 0 Å². The Hall–Kier alpha value is -3.66. The Balaban J connectivity index is 1.25. The Kier molecular flexibility index (Phi) is 6.06. The molecule has 5 rings (SSSR count). The molecule has 0 bridgehead atoms. The predicted molar refractivity (Wildman–Crippen MR) is 127 cm³/mol. The van der Waals surface area contributed by atoms with Crippen molar-refractivity contribution in [2.24, 2.45) is 0 Å². The molecule has 1 aliphatic rings. The van der Waals surface area contributed by atoms with E-state index in [0.717, 1.165) is 60.2 Å². The summed E-state index contributed by atoms with van der Waals surface area (Å²) in [5.74, 6) is 1.50. The van der Waals surface area contributed by atoms with E-state index in [1.165, 1.54) is 6.07 Å². The van der Waals surface area contributed by atoms with Crippen LogP contribution in [0.2, 0.25) is 0 Å². The van der Waals surface area contributed by atoms with Crippen molar-refractivity contribution in [1.29, 1.82) is 0 Å². The minimum atomic E-state index is -4.38. The Morgan fingerprint density at radius 1 is 1.03 bits per heavy atom. The molecule has 3 aromatic heterocycles. The lowest BCUT2D eigenvalue weighted by Gasteiger charge is -2.40. The summed E-state index contributed by atoms with van der Waals surface area (Å²) in [6.07, 6.45) is 2.11. The number of nitrogens with zero attached hydrogens (tertiary/aromatic N) is 6. The van der Waals surface area contributed by atoms with Crippen LogP contribution < -0.4 is 4.90 Å². The molecular formula is C25H26F3N7. The zero-order chi connectivity index (χ0) is 24.6. The summed E-state index contributed by atoms with van der Waals surface area (Å²) in [6, 6.07) is 10.9. The molecule has 1 unspecified atom stereocenters. The lowest BCUT2D eigenvalue weighted by atomic mass is 10.1. The van der Waals surface area contributed by atoms with E-state index in [4.69, 9.17) is 0 Å². The summed E-state index contributed by atoms with van der Waals surface area (Å²) in [4.78, 5) is 12.7. The Morgan fingerprint density at radius 3 is 2.46 bits per heavy atom.